The van der Waals surface area contributed by atoms with Gasteiger partial charge in [-0.2, -0.15) is 0 Å². The number of benzene rings is 1. The van der Waals surface area contributed by atoms with Crippen LogP contribution < -0.4 is 5.32 Å². The van der Waals surface area contributed by atoms with Crippen LogP contribution in [0.3, 0.4) is 0 Å². The average molecular weight is 220 g/mol. The molecule has 2 nitrogen and oxygen atoms in total. The summed E-state index contributed by atoms with van der Waals surface area (Å²) in [6, 6.07) is 7.28. The predicted molar refractivity (Wildman–Crippen MR) is 71.0 cm³/mol. The van der Waals surface area contributed by atoms with Crippen LogP contribution in [0.4, 0.5) is 0 Å². The Morgan fingerprint density at radius 3 is 2.38 bits per heavy atom. The topological polar surface area (TPSA) is 15.3 Å². The van der Waals surface area contributed by atoms with Gasteiger partial charge in [-0.25, -0.2) is 0 Å². The number of rotatable bonds is 5. The van der Waals surface area contributed by atoms with Gasteiger partial charge in [-0.05, 0) is 58.1 Å². The Kier molecular flexibility index (Phi) is 4.97. The molecule has 0 aliphatic carbocycles. The van der Waals surface area contributed by atoms with Crippen molar-refractivity contribution in [2.45, 2.75) is 26.3 Å². The second-order valence-corrected chi connectivity index (χ2v) is 4.87. The average Bonchev–Trinajstić information content (AvgIpc) is 2.22. The first-order chi connectivity index (χ1) is 7.52. The smallest absolute Gasteiger partial charge is 0.0232 e. The lowest BCUT2D eigenvalue weighted by Crippen LogP contribution is -2.37. The van der Waals surface area contributed by atoms with Crippen molar-refractivity contribution in [1.82, 2.24) is 10.2 Å². The van der Waals surface area contributed by atoms with Gasteiger partial charge in [0.1, 0.15) is 0 Å². The van der Waals surface area contributed by atoms with E-state index < -0.39 is 0 Å². The highest BCUT2D eigenvalue weighted by Gasteiger charge is 2.08. The number of nitrogens with one attached hydrogen (secondary N) is 1. The minimum absolute atomic E-state index is 0.525. The number of hydrogen-bond donors (Lipinski definition) is 1. The fourth-order valence-corrected chi connectivity index (χ4v) is 1.91. The van der Waals surface area contributed by atoms with E-state index in [-0.39, 0.29) is 0 Å². The lowest BCUT2D eigenvalue weighted by Gasteiger charge is -2.20. The summed E-state index contributed by atoms with van der Waals surface area (Å²) < 4.78 is 0. The minimum Gasteiger partial charge on any atom is -0.315 e. The van der Waals surface area contributed by atoms with Crippen LogP contribution in [0.2, 0.25) is 0 Å². The van der Waals surface area contributed by atoms with Gasteiger partial charge in [-0.15, -0.1) is 0 Å². The molecule has 0 fully saturated rings. The van der Waals surface area contributed by atoms with Crippen LogP contribution in [0, 0.1) is 13.8 Å². The van der Waals surface area contributed by atoms with Gasteiger partial charge in [0.25, 0.3) is 0 Å². The lowest BCUT2D eigenvalue weighted by atomic mass is 10.0. The molecule has 0 aliphatic heterocycles. The molecule has 0 spiro atoms. The second kappa shape index (κ2) is 6.02. The van der Waals surface area contributed by atoms with E-state index in [9.17, 15) is 0 Å². The van der Waals surface area contributed by atoms with E-state index in [0.717, 1.165) is 13.0 Å². The molecule has 0 aliphatic rings. The molecular formula is C14H24N2. The predicted octanol–water partition coefficient (Wildman–Crippen LogP) is 2.00. The molecule has 0 heterocycles. The Bertz CT molecular complexity index is 332. The van der Waals surface area contributed by atoms with Crippen molar-refractivity contribution in [2.24, 2.45) is 0 Å². The third-order valence-electron chi connectivity index (χ3n) is 3.05. The maximum Gasteiger partial charge on any atom is 0.0232 e. The number of nitrogens with zero attached hydrogens (tertiary/aromatic N) is 1. The van der Waals surface area contributed by atoms with E-state index in [4.69, 9.17) is 0 Å². The van der Waals surface area contributed by atoms with Gasteiger partial charge in [0.15, 0.2) is 0 Å². The molecule has 1 unspecified atom stereocenters. The quantitative estimate of drug-likeness (QED) is 0.816. The Balaban J connectivity index is 2.66. The maximum atomic E-state index is 3.37. The Hall–Kier alpha value is -0.860. The van der Waals surface area contributed by atoms with Crippen molar-refractivity contribution in [2.75, 3.05) is 27.7 Å². The fraction of sp³-hybridized carbons (Fsp3) is 0.571. The van der Waals surface area contributed by atoms with Crippen molar-refractivity contribution in [1.29, 1.82) is 0 Å². The van der Waals surface area contributed by atoms with E-state index in [2.05, 4.69) is 56.4 Å². The van der Waals surface area contributed by atoms with Gasteiger partial charge in [-0.3, -0.25) is 0 Å². The standard InChI is InChI=1S/C14H24N2/c1-11-6-7-13(8-12(11)2)9-14(15-3)10-16(4)5/h6-8,14-15H,9-10H2,1-5H3. The zero-order valence-electron chi connectivity index (χ0n) is 11.2. The highest BCUT2D eigenvalue weighted by molar-refractivity contribution is 5.30. The highest BCUT2D eigenvalue weighted by atomic mass is 15.1. The third-order valence-corrected chi connectivity index (χ3v) is 3.05. The summed E-state index contributed by atoms with van der Waals surface area (Å²) in [7, 11) is 6.27. The molecular weight excluding hydrogens is 196 g/mol. The molecule has 16 heavy (non-hydrogen) atoms. The number of hydrogen-bond acceptors (Lipinski definition) is 2. The zero-order chi connectivity index (χ0) is 12.1. The highest BCUT2D eigenvalue weighted by Crippen LogP contribution is 2.11. The van der Waals surface area contributed by atoms with E-state index >= 15 is 0 Å². The molecule has 1 N–H and O–H groups in total. The zero-order valence-corrected chi connectivity index (χ0v) is 11.2. The number of aryl methyl sites for hydroxylation is 2. The summed E-state index contributed by atoms with van der Waals surface area (Å²) in [5.74, 6) is 0. The first kappa shape index (κ1) is 13.2. The summed E-state index contributed by atoms with van der Waals surface area (Å²) in [4.78, 5) is 2.22. The van der Waals surface area contributed by atoms with Crippen molar-refractivity contribution in [3.05, 3.63) is 34.9 Å². The minimum atomic E-state index is 0.525. The van der Waals surface area contributed by atoms with Crippen molar-refractivity contribution in [3.8, 4) is 0 Å². The first-order valence-corrected chi connectivity index (χ1v) is 5.91. The van der Waals surface area contributed by atoms with Gasteiger partial charge in [0, 0.05) is 12.6 Å². The van der Waals surface area contributed by atoms with Crippen LogP contribution in [-0.4, -0.2) is 38.6 Å². The summed E-state index contributed by atoms with van der Waals surface area (Å²) >= 11 is 0. The van der Waals surface area contributed by atoms with Gasteiger partial charge in [0.2, 0.25) is 0 Å². The van der Waals surface area contributed by atoms with Crippen LogP contribution in [-0.2, 0) is 6.42 Å². The van der Waals surface area contributed by atoms with Crippen LogP contribution in [0.25, 0.3) is 0 Å². The van der Waals surface area contributed by atoms with E-state index in [1.165, 1.54) is 16.7 Å². The van der Waals surface area contributed by atoms with Gasteiger partial charge < -0.3 is 10.2 Å². The van der Waals surface area contributed by atoms with Gasteiger partial charge in [0.05, 0.1) is 0 Å². The molecule has 0 radical (unpaired) electrons. The van der Waals surface area contributed by atoms with Gasteiger partial charge >= 0.3 is 0 Å². The molecule has 0 aromatic heterocycles. The molecule has 0 bridgehead atoms. The SMILES string of the molecule is CNC(Cc1ccc(C)c(C)c1)CN(C)C. The monoisotopic (exact) mass is 220 g/mol. The maximum absolute atomic E-state index is 3.37. The normalized spacial score (nSPS) is 13.1. The summed E-state index contributed by atoms with van der Waals surface area (Å²) in [6.45, 7) is 5.41. The van der Waals surface area contributed by atoms with E-state index in [0.29, 0.717) is 6.04 Å². The summed E-state index contributed by atoms with van der Waals surface area (Å²) in [5, 5.41) is 3.37. The van der Waals surface area contributed by atoms with Crippen molar-refractivity contribution < 1.29 is 0 Å². The van der Waals surface area contributed by atoms with Gasteiger partial charge in [-0.1, -0.05) is 18.2 Å². The van der Waals surface area contributed by atoms with Crippen LogP contribution >= 0.6 is 0 Å². The third kappa shape index (κ3) is 3.95. The number of likely N-dealkylation sites (N-methyl/N-ethyl adjacent to an activating group) is 2. The Morgan fingerprint density at radius 2 is 1.88 bits per heavy atom. The summed E-state index contributed by atoms with van der Waals surface area (Å²) in [6.07, 6.45) is 1.09. The molecule has 0 amide bonds. The summed E-state index contributed by atoms with van der Waals surface area (Å²) in [5.41, 5.74) is 4.18. The van der Waals surface area contributed by atoms with E-state index in [1.54, 1.807) is 0 Å². The Morgan fingerprint density at radius 1 is 1.19 bits per heavy atom. The molecule has 1 aromatic carbocycles. The van der Waals surface area contributed by atoms with Crippen molar-refractivity contribution in [3.63, 3.8) is 0 Å². The molecule has 1 rings (SSSR count). The molecule has 1 aromatic rings. The Labute approximate surface area is 99.7 Å². The van der Waals surface area contributed by atoms with Crippen LogP contribution in [0.1, 0.15) is 16.7 Å². The molecule has 0 saturated heterocycles. The second-order valence-electron chi connectivity index (χ2n) is 4.87. The molecule has 2 heteroatoms. The molecule has 90 valence electrons. The first-order valence-electron chi connectivity index (χ1n) is 5.91. The van der Waals surface area contributed by atoms with E-state index in [1.807, 2.05) is 7.05 Å². The largest absolute Gasteiger partial charge is 0.315 e. The molecule has 0 saturated carbocycles. The fourth-order valence-electron chi connectivity index (χ4n) is 1.91. The van der Waals surface area contributed by atoms with Crippen LogP contribution in [0.15, 0.2) is 18.2 Å². The molecule has 1 atom stereocenters. The van der Waals surface area contributed by atoms with Crippen molar-refractivity contribution >= 4 is 0 Å². The van der Waals surface area contributed by atoms with Crippen LogP contribution in [0.5, 0.6) is 0 Å². The lowest BCUT2D eigenvalue weighted by molar-refractivity contribution is 0.346.